The third-order valence-corrected chi connectivity index (χ3v) is 3.34. The number of aryl methyl sites for hydroxylation is 1. The van der Waals surface area contributed by atoms with Crippen molar-refractivity contribution in [1.29, 1.82) is 0 Å². The largest absolute Gasteiger partial charge is 0.496 e. The molecule has 0 spiro atoms. The van der Waals surface area contributed by atoms with Crippen molar-refractivity contribution in [3.05, 3.63) is 50.3 Å². The Hall–Kier alpha value is -2.15. The molecule has 0 atom stereocenters. The Morgan fingerprint density at radius 2 is 2.29 bits per heavy atom. The van der Waals surface area contributed by atoms with E-state index in [-0.39, 0.29) is 5.56 Å². The summed E-state index contributed by atoms with van der Waals surface area (Å²) in [5, 5.41) is 4.06. The van der Waals surface area contributed by atoms with E-state index < -0.39 is 0 Å². The fourth-order valence-corrected chi connectivity index (χ4v) is 2.23. The number of aromatic amines is 1. The number of ether oxygens (including phenoxy) is 1. The van der Waals surface area contributed by atoms with Gasteiger partial charge in [0, 0.05) is 11.8 Å². The van der Waals surface area contributed by atoms with E-state index >= 15 is 0 Å². The summed E-state index contributed by atoms with van der Waals surface area (Å²) in [6.45, 7) is 1.93. The second kappa shape index (κ2) is 7.03. The summed E-state index contributed by atoms with van der Waals surface area (Å²) in [6.07, 6.45) is 2.32. The molecule has 1 aromatic carbocycles. The van der Waals surface area contributed by atoms with Crippen LogP contribution in [0.15, 0.2) is 38.6 Å². The van der Waals surface area contributed by atoms with Crippen molar-refractivity contribution in [2.75, 3.05) is 12.5 Å². The minimum atomic E-state index is -0.202. The molecule has 0 radical (unpaired) electrons. The van der Waals surface area contributed by atoms with E-state index in [9.17, 15) is 4.79 Å². The van der Waals surface area contributed by atoms with Crippen LogP contribution >= 0.6 is 15.9 Å². The van der Waals surface area contributed by atoms with Crippen LogP contribution < -0.4 is 15.7 Å². The smallest absolute Gasteiger partial charge is 0.252 e. The minimum absolute atomic E-state index is 0.202. The Morgan fingerprint density at radius 3 is 2.95 bits per heavy atom. The number of nitrogens with zero attached hydrogens (tertiary/aromatic N) is 2. The topological polar surface area (TPSA) is 79.4 Å². The molecule has 0 fully saturated rings. The van der Waals surface area contributed by atoms with E-state index in [4.69, 9.17) is 4.74 Å². The Balaban J connectivity index is 2.10. The SMILES string of the molecule is CCc1cc(=O)[nH]c(N/N=C\c2ccc(OC)c(Br)c2)n1. The molecule has 0 bridgehead atoms. The van der Waals surface area contributed by atoms with Gasteiger partial charge in [-0.05, 0) is 46.1 Å². The van der Waals surface area contributed by atoms with Crippen molar-refractivity contribution in [1.82, 2.24) is 9.97 Å². The third kappa shape index (κ3) is 4.16. The Kier molecular flexibility index (Phi) is 5.10. The van der Waals surface area contributed by atoms with Crippen LogP contribution in [0.5, 0.6) is 5.75 Å². The van der Waals surface area contributed by atoms with Gasteiger partial charge in [0.05, 0.1) is 17.8 Å². The van der Waals surface area contributed by atoms with Gasteiger partial charge >= 0.3 is 0 Å². The molecule has 2 N–H and O–H groups in total. The molecule has 1 heterocycles. The molecule has 2 rings (SSSR count). The zero-order valence-electron chi connectivity index (χ0n) is 11.7. The lowest BCUT2D eigenvalue weighted by molar-refractivity contribution is 0.412. The second-order valence-corrected chi connectivity index (χ2v) is 5.06. The second-order valence-electron chi connectivity index (χ2n) is 4.20. The van der Waals surface area contributed by atoms with E-state index in [1.54, 1.807) is 13.3 Å². The first-order chi connectivity index (χ1) is 10.1. The number of hydrogen-bond acceptors (Lipinski definition) is 5. The standard InChI is InChI=1S/C14H15BrN4O2/c1-3-10-7-13(20)18-14(17-10)19-16-8-9-4-5-12(21-2)11(15)6-9/h4-8H,3H2,1-2H3,(H2,17,18,19,20)/b16-8-. The molecule has 0 aliphatic carbocycles. The average molecular weight is 351 g/mol. The summed E-state index contributed by atoms with van der Waals surface area (Å²) < 4.78 is 6.00. The average Bonchev–Trinajstić information content (AvgIpc) is 2.47. The highest BCUT2D eigenvalue weighted by molar-refractivity contribution is 9.10. The van der Waals surface area contributed by atoms with Crippen molar-refractivity contribution in [3.8, 4) is 5.75 Å². The zero-order valence-corrected chi connectivity index (χ0v) is 13.3. The molecule has 0 aliphatic heterocycles. The molecule has 21 heavy (non-hydrogen) atoms. The molecule has 0 unspecified atom stereocenters. The van der Waals surface area contributed by atoms with E-state index in [1.165, 1.54) is 6.07 Å². The number of benzene rings is 1. The van der Waals surface area contributed by atoms with E-state index in [0.717, 1.165) is 15.8 Å². The number of hydrazone groups is 1. The molecule has 0 amide bonds. The predicted octanol–water partition coefficient (Wildman–Crippen LogP) is 2.55. The predicted molar refractivity (Wildman–Crippen MR) is 86.1 cm³/mol. The van der Waals surface area contributed by atoms with Crippen LogP contribution in [-0.4, -0.2) is 23.3 Å². The van der Waals surface area contributed by atoms with Gasteiger partial charge in [0.2, 0.25) is 5.95 Å². The lowest BCUT2D eigenvalue weighted by Gasteiger charge is -2.03. The number of rotatable bonds is 5. The van der Waals surface area contributed by atoms with Crippen LogP contribution in [0, 0.1) is 0 Å². The van der Waals surface area contributed by atoms with Crippen molar-refractivity contribution < 1.29 is 4.74 Å². The Bertz CT molecular complexity index is 712. The highest BCUT2D eigenvalue weighted by Gasteiger charge is 2.00. The highest BCUT2D eigenvalue weighted by atomic mass is 79.9. The summed E-state index contributed by atoms with van der Waals surface area (Å²) in [7, 11) is 1.61. The summed E-state index contributed by atoms with van der Waals surface area (Å²) in [5.74, 6) is 1.07. The Labute approximate surface area is 130 Å². The molecular weight excluding hydrogens is 336 g/mol. The molecular formula is C14H15BrN4O2. The fraction of sp³-hybridized carbons (Fsp3) is 0.214. The van der Waals surface area contributed by atoms with E-state index in [0.29, 0.717) is 18.1 Å². The molecule has 1 aromatic heterocycles. The van der Waals surface area contributed by atoms with Crippen LogP contribution in [0.25, 0.3) is 0 Å². The number of halogens is 1. The fourth-order valence-electron chi connectivity index (χ4n) is 1.67. The van der Waals surface area contributed by atoms with Gasteiger partial charge in [0.15, 0.2) is 0 Å². The number of hydrogen-bond donors (Lipinski definition) is 2. The quantitative estimate of drug-likeness (QED) is 0.641. The van der Waals surface area contributed by atoms with Gasteiger partial charge in [-0.1, -0.05) is 6.92 Å². The summed E-state index contributed by atoms with van der Waals surface area (Å²) in [6, 6.07) is 7.05. The maximum absolute atomic E-state index is 11.4. The minimum Gasteiger partial charge on any atom is -0.496 e. The lowest BCUT2D eigenvalue weighted by Crippen LogP contribution is -2.11. The number of nitrogens with one attached hydrogen (secondary N) is 2. The van der Waals surface area contributed by atoms with Gasteiger partial charge in [0.1, 0.15) is 5.75 Å². The number of anilines is 1. The molecule has 0 aliphatic rings. The highest BCUT2D eigenvalue weighted by Crippen LogP contribution is 2.24. The molecule has 0 saturated carbocycles. The van der Waals surface area contributed by atoms with Crippen molar-refractivity contribution in [2.24, 2.45) is 5.10 Å². The van der Waals surface area contributed by atoms with Crippen LogP contribution in [0.3, 0.4) is 0 Å². The first kappa shape index (κ1) is 15.2. The van der Waals surface area contributed by atoms with Crippen LogP contribution in [0.2, 0.25) is 0 Å². The first-order valence-electron chi connectivity index (χ1n) is 6.35. The summed E-state index contributed by atoms with van der Waals surface area (Å²) in [4.78, 5) is 18.2. The van der Waals surface area contributed by atoms with Crippen molar-refractivity contribution in [2.45, 2.75) is 13.3 Å². The summed E-state index contributed by atoms with van der Waals surface area (Å²) >= 11 is 3.41. The lowest BCUT2D eigenvalue weighted by atomic mass is 10.2. The number of H-pyrrole nitrogens is 1. The summed E-state index contributed by atoms with van der Waals surface area (Å²) in [5.41, 5.74) is 4.10. The van der Waals surface area contributed by atoms with Gasteiger partial charge in [-0.3, -0.25) is 9.78 Å². The molecule has 110 valence electrons. The van der Waals surface area contributed by atoms with E-state index in [2.05, 4.69) is 36.4 Å². The van der Waals surface area contributed by atoms with Crippen molar-refractivity contribution >= 4 is 28.1 Å². The maximum atomic E-state index is 11.4. The molecule has 0 saturated heterocycles. The zero-order chi connectivity index (χ0) is 15.2. The van der Waals surface area contributed by atoms with E-state index in [1.807, 2.05) is 25.1 Å². The number of methoxy groups -OCH3 is 1. The van der Waals surface area contributed by atoms with Gasteiger partial charge in [-0.25, -0.2) is 10.4 Å². The Morgan fingerprint density at radius 1 is 1.48 bits per heavy atom. The van der Waals surface area contributed by atoms with Crippen LogP contribution in [0.4, 0.5) is 5.95 Å². The van der Waals surface area contributed by atoms with Crippen LogP contribution in [0.1, 0.15) is 18.2 Å². The normalized spacial score (nSPS) is 10.8. The van der Waals surface area contributed by atoms with Gasteiger partial charge in [0.25, 0.3) is 5.56 Å². The van der Waals surface area contributed by atoms with Gasteiger partial charge in [-0.2, -0.15) is 5.10 Å². The number of aromatic nitrogens is 2. The molecule has 6 nitrogen and oxygen atoms in total. The maximum Gasteiger partial charge on any atom is 0.252 e. The third-order valence-electron chi connectivity index (χ3n) is 2.72. The van der Waals surface area contributed by atoms with Crippen LogP contribution in [-0.2, 0) is 6.42 Å². The molecule has 2 aromatic rings. The van der Waals surface area contributed by atoms with Gasteiger partial charge in [-0.15, -0.1) is 0 Å². The van der Waals surface area contributed by atoms with Gasteiger partial charge < -0.3 is 4.74 Å². The van der Waals surface area contributed by atoms with Crippen molar-refractivity contribution in [3.63, 3.8) is 0 Å². The monoisotopic (exact) mass is 350 g/mol. The molecule has 7 heteroatoms. The first-order valence-corrected chi connectivity index (χ1v) is 7.14.